The van der Waals surface area contributed by atoms with Crippen molar-refractivity contribution in [1.82, 2.24) is 14.9 Å². The van der Waals surface area contributed by atoms with Gasteiger partial charge in [0.25, 0.3) is 5.91 Å². The lowest BCUT2D eigenvalue weighted by Crippen LogP contribution is -2.32. The standard InChI is InChI=1S/C23H24N4O3S/c1-23(2,30-4)10-8-16-6-5-7-17(12-16)19-15-31-22(25-19)26-20(28)13-24-21(29)18-9-11-27(3)14-18/h5-7,9,11-12,14-15H,13H2,1-4H3,(H,24,29)(H,25,26,28). The van der Waals surface area contributed by atoms with E-state index in [0.29, 0.717) is 10.7 Å². The van der Waals surface area contributed by atoms with Crippen LogP contribution in [0.15, 0.2) is 48.1 Å². The maximum atomic E-state index is 12.2. The quantitative estimate of drug-likeness (QED) is 0.581. The molecule has 0 saturated heterocycles. The lowest BCUT2D eigenvalue weighted by molar-refractivity contribution is -0.115. The highest BCUT2D eigenvalue weighted by atomic mass is 32.1. The number of rotatable bonds is 6. The predicted octanol–water partition coefficient (Wildman–Crippen LogP) is 3.29. The number of amides is 2. The largest absolute Gasteiger partial charge is 0.366 e. The number of hydrogen-bond donors (Lipinski definition) is 2. The topological polar surface area (TPSA) is 85.3 Å². The van der Waals surface area contributed by atoms with Crippen LogP contribution in [-0.2, 0) is 16.6 Å². The van der Waals surface area contributed by atoms with Gasteiger partial charge in [0, 0.05) is 43.1 Å². The van der Waals surface area contributed by atoms with E-state index in [2.05, 4.69) is 27.5 Å². The van der Waals surface area contributed by atoms with Crippen LogP contribution < -0.4 is 10.6 Å². The Hall–Kier alpha value is -3.41. The maximum absolute atomic E-state index is 12.2. The van der Waals surface area contributed by atoms with E-state index in [-0.39, 0.29) is 18.4 Å². The highest BCUT2D eigenvalue weighted by molar-refractivity contribution is 7.14. The molecule has 1 aromatic carbocycles. The van der Waals surface area contributed by atoms with Gasteiger partial charge in [0.2, 0.25) is 5.91 Å². The third-order valence-corrected chi connectivity index (χ3v) is 5.19. The molecule has 0 spiro atoms. The summed E-state index contributed by atoms with van der Waals surface area (Å²) in [5.41, 5.74) is 2.47. The van der Waals surface area contributed by atoms with Crippen LogP contribution >= 0.6 is 11.3 Å². The van der Waals surface area contributed by atoms with Crippen molar-refractivity contribution in [3.8, 4) is 23.1 Å². The van der Waals surface area contributed by atoms with E-state index in [1.165, 1.54) is 11.3 Å². The number of anilines is 1. The fourth-order valence-electron chi connectivity index (χ4n) is 2.56. The molecule has 0 aliphatic heterocycles. The van der Waals surface area contributed by atoms with Crippen molar-refractivity contribution in [2.45, 2.75) is 19.4 Å². The fourth-order valence-corrected chi connectivity index (χ4v) is 3.29. The van der Waals surface area contributed by atoms with Gasteiger partial charge in [-0.25, -0.2) is 4.98 Å². The molecular formula is C23H24N4O3S. The average molecular weight is 437 g/mol. The van der Waals surface area contributed by atoms with Gasteiger partial charge in [-0.15, -0.1) is 11.3 Å². The van der Waals surface area contributed by atoms with Crippen LogP contribution in [-0.4, -0.2) is 40.6 Å². The van der Waals surface area contributed by atoms with Crippen LogP contribution in [0.3, 0.4) is 0 Å². The van der Waals surface area contributed by atoms with Gasteiger partial charge in [-0.1, -0.05) is 24.0 Å². The van der Waals surface area contributed by atoms with Gasteiger partial charge in [0.15, 0.2) is 5.13 Å². The van der Waals surface area contributed by atoms with Crippen molar-refractivity contribution in [2.24, 2.45) is 7.05 Å². The van der Waals surface area contributed by atoms with Crippen molar-refractivity contribution in [2.75, 3.05) is 19.0 Å². The van der Waals surface area contributed by atoms with E-state index >= 15 is 0 Å². The first-order chi connectivity index (χ1) is 14.8. The van der Waals surface area contributed by atoms with E-state index in [1.807, 2.05) is 50.5 Å². The van der Waals surface area contributed by atoms with E-state index in [4.69, 9.17) is 4.74 Å². The minimum atomic E-state index is -0.524. The Balaban J connectivity index is 1.60. The first kappa shape index (κ1) is 22.3. The Morgan fingerprint density at radius 3 is 2.81 bits per heavy atom. The van der Waals surface area contributed by atoms with Gasteiger partial charge in [-0.05, 0) is 32.0 Å². The maximum Gasteiger partial charge on any atom is 0.253 e. The molecule has 8 heteroatoms. The molecule has 2 heterocycles. The summed E-state index contributed by atoms with van der Waals surface area (Å²) < 4.78 is 7.09. The molecule has 0 saturated carbocycles. The molecule has 0 unspecified atom stereocenters. The van der Waals surface area contributed by atoms with Gasteiger partial charge >= 0.3 is 0 Å². The van der Waals surface area contributed by atoms with Crippen LogP contribution in [0, 0.1) is 11.8 Å². The van der Waals surface area contributed by atoms with Gasteiger partial charge in [0.05, 0.1) is 17.8 Å². The Labute approximate surface area is 185 Å². The lowest BCUT2D eigenvalue weighted by Gasteiger charge is -2.14. The summed E-state index contributed by atoms with van der Waals surface area (Å²) in [5.74, 6) is 5.56. The van der Waals surface area contributed by atoms with Gasteiger partial charge in [-0.3, -0.25) is 9.59 Å². The normalized spacial score (nSPS) is 10.8. The number of hydrogen-bond acceptors (Lipinski definition) is 5. The van der Waals surface area contributed by atoms with Crippen molar-refractivity contribution in [1.29, 1.82) is 0 Å². The number of ether oxygens (including phenoxy) is 1. The summed E-state index contributed by atoms with van der Waals surface area (Å²) in [6.45, 7) is 3.67. The Morgan fingerprint density at radius 1 is 1.29 bits per heavy atom. The van der Waals surface area contributed by atoms with Crippen molar-refractivity contribution in [3.63, 3.8) is 0 Å². The number of nitrogens with zero attached hydrogens (tertiary/aromatic N) is 2. The van der Waals surface area contributed by atoms with Gasteiger partial charge in [0.1, 0.15) is 5.60 Å². The number of aromatic nitrogens is 2. The molecule has 0 aliphatic rings. The minimum absolute atomic E-state index is 0.136. The molecule has 0 fully saturated rings. The highest BCUT2D eigenvalue weighted by Gasteiger charge is 2.12. The summed E-state index contributed by atoms with van der Waals surface area (Å²) in [6.07, 6.45) is 3.46. The number of aryl methyl sites for hydroxylation is 1. The Bertz CT molecular complexity index is 1150. The number of carbonyl (C=O) groups excluding carboxylic acids is 2. The molecule has 3 aromatic rings. The monoisotopic (exact) mass is 436 g/mol. The van der Waals surface area contributed by atoms with E-state index in [9.17, 15) is 9.59 Å². The molecule has 31 heavy (non-hydrogen) atoms. The molecule has 0 atom stereocenters. The zero-order chi connectivity index (χ0) is 22.4. The van der Waals surface area contributed by atoms with Crippen molar-refractivity contribution in [3.05, 3.63) is 59.2 Å². The number of benzene rings is 1. The summed E-state index contributed by atoms with van der Waals surface area (Å²) >= 11 is 1.32. The van der Waals surface area contributed by atoms with E-state index in [1.54, 1.807) is 30.1 Å². The van der Waals surface area contributed by atoms with E-state index in [0.717, 1.165) is 16.8 Å². The second kappa shape index (κ2) is 9.60. The molecule has 0 radical (unpaired) electrons. The van der Waals surface area contributed by atoms with Crippen LogP contribution in [0.2, 0.25) is 0 Å². The molecular weight excluding hydrogens is 412 g/mol. The molecule has 3 rings (SSSR count). The first-order valence-corrected chi connectivity index (χ1v) is 10.5. The summed E-state index contributed by atoms with van der Waals surface area (Å²) in [7, 11) is 3.45. The number of carbonyl (C=O) groups is 2. The number of methoxy groups -OCH3 is 1. The molecule has 7 nitrogen and oxygen atoms in total. The van der Waals surface area contributed by atoms with Crippen LogP contribution in [0.4, 0.5) is 5.13 Å². The predicted molar refractivity (Wildman–Crippen MR) is 122 cm³/mol. The summed E-state index contributed by atoms with van der Waals surface area (Å²) in [4.78, 5) is 28.7. The zero-order valence-electron chi connectivity index (χ0n) is 17.9. The minimum Gasteiger partial charge on any atom is -0.366 e. The highest BCUT2D eigenvalue weighted by Crippen LogP contribution is 2.25. The molecule has 2 N–H and O–H groups in total. The summed E-state index contributed by atoms with van der Waals surface area (Å²) in [5, 5.41) is 7.64. The molecule has 0 aliphatic carbocycles. The second-order valence-corrected chi connectivity index (χ2v) is 8.24. The average Bonchev–Trinajstić information content (AvgIpc) is 3.40. The summed E-state index contributed by atoms with van der Waals surface area (Å²) in [6, 6.07) is 9.41. The lowest BCUT2D eigenvalue weighted by atomic mass is 10.1. The van der Waals surface area contributed by atoms with Gasteiger partial charge in [-0.2, -0.15) is 0 Å². The zero-order valence-corrected chi connectivity index (χ0v) is 18.7. The molecule has 0 bridgehead atoms. The smallest absolute Gasteiger partial charge is 0.253 e. The molecule has 2 aromatic heterocycles. The Morgan fingerprint density at radius 2 is 2.10 bits per heavy atom. The first-order valence-electron chi connectivity index (χ1n) is 9.60. The third-order valence-electron chi connectivity index (χ3n) is 4.43. The fraction of sp³-hybridized carbons (Fsp3) is 0.261. The SMILES string of the molecule is COC(C)(C)C#Cc1cccc(-c2csc(NC(=O)CNC(=O)c3ccn(C)c3)n2)c1. The number of nitrogens with one attached hydrogen (secondary N) is 2. The van der Waals surface area contributed by atoms with Crippen molar-refractivity contribution < 1.29 is 14.3 Å². The van der Waals surface area contributed by atoms with Crippen LogP contribution in [0.1, 0.15) is 29.8 Å². The molecule has 2 amide bonds. The molecule has 160 valence electrons. The number of thiazole rings is 1. The Kier molecular flexibility index (Phi) is 6.90. The van der Waals surface area contributed by atoms with Crippen LogP contribution in [0.5, 0.6) is 0 Å². The van der Waals surface area contributed by atoms with E-state index < -0.39 is 5.60 Å². The third kappa shape index (κ3) is 6.28. The van der Waals surface area contributed by atoms with Gasteiger partial charge < -0.3 is 19.9 Å². The van der Waals surface area contributed by atoms with Crippen molar-refractivity contribution >= 4 is 28.3 Å². The van der Waals surface area contributed by atoms with Crippen LogP contribution in [0.25, 0.3) is 11.3 Å². The second-order valence-electron chi connectivity index (χ2n) is 7.38.